The summed E-state index contributed by atoms with van der Waals surface area (Å²) in [6, 6.07) is 7.95. The maximum Gasteiger partial charge on any atom is 0.216 e. The zero-order valence-electron chi connectivity index (χ0n) is 14.6. The largest absolute Gasteiger partial charge is 0.392 e. The van der Waals surface area contributed by atoms with Crippen molar-refractivity contribution < 1.29 is 19.2 Å². The van der Waals surface area contributed by atoms with Crippen LogP contribution in [-0.4, -0.2) is 42.0 Å². The van der Waals surface area contributed by atoms with Gasteiger partial charge in [-0.3, -0.25) is 4.79 Å². The summed E-state index contributed by atoms with van der Waals surface area (Å²) in [5.74, 6) is 0.519. The van der Waals surface area contributed by atoms with Gasteiger partial charge in [0.15, 0.2) is 5.76 Å². The lowest BCUT2D eigenvalue weighted by Gasteiger charge is -2.26. The summed E-state index contributed by atoms with van der Waals surface area (Å²) in [5.41, 5.74) is 3.75. The zero-order chi connectivity index (χ0) is 17.8. The molecule has 0 spiro atoms. The number of hydrogen-bond donors (Lipinski definition) is 2. The minimum Gasteiger partial charge on any atom is -0.392 e. The molecule has 0 aliphatic carbocycles. The van der Waals surface area contributed by atoms with Gasteiger partial charge in [0.2, 0.25) is 5.91 Å². The van der Waals surface area contributed by atoms with Crippen molar-refractivity contribution in [2.75, 3.05) is 19.8 Å². The number of benzene rings is 1. The van der Waals surface area contributed by atoms with Gasteiger partial charge in [-0.05, 0) is 25.3 Å². The van der Waals surface area contributed by atoms with Crippen LogP contribution in [0.4, 0.5) is 0 Å². The van der Waals surface area contributed by atoms with Crippen molar-refractivity contribution in [3.63, 3.8) is 0 Å². The summed E-state index contributed by atoms with van der Waals surface area (Å²) in [6.07, 6.45) is 0.861. The first kappa shape index (κ1) is 17.6. The lowest BCUT2D eigenvalue weighted by atomic mass is 9.91. The standard InChI is InChI=1S/C19H24N2O4/c1-12-18(16-11-24-10-8-17(16)23)21-25-19(12)15-6-4-3-5-14(15)7-9-20-13(2)22/h3-6,16-17,23H,7-11H2,1-2H3,(H,20,22). The van der Waals surface area contributed by atoms with E-state index in [2.05, 4.69) is 10.5 Å². The van der Waals surface area contributed by atoms with Crippen molar-refractivity contribution in [1.29, 1.82) is 0 Å². The smallest absolute Gasteiger partial charge is 0.216 e. The van der Waals surface area contributed by atoms with Crippen LogP contribution in [0.5, 0.6) is 0 Å². The van der Waals surface area contributed by atoms with E-state index < -0.39 is 6.10 Å². The fourth-order valence-corrected chi connectivity index (χ4v) is 3.27. The van der Waals surface area contributed by atoms with Crippen LogP contribution >= 0.6 is 0 Å². The molecule has 6 heteroatoms. The van der Waals surface area contributed by atoms with E-state index >= 15 is 0 Å². The van der Waals surface area contributed by atoms with Gasteiger partial charge < -0.3 is 19.7 Å². The highest BCUT2D eigenvalue weighted by molar-refractivity contribution is 5.73. The SMILES string of the molecule is CC(=O)NCCc1ccccc1-c1onc(C2COCCC2O)c1C. The average molecular weight is 344 g/mol. The van der Waals surface area contributed by atoms with Gasteiger partial charge in [-0.1, -0.05) is 29.4 Å². The Morgan fingerprint density at radius 3 is 2.96 bits per heavy atom. The summed E-state index contributed by atoms with van der Waals surface area (Å²) in [6.45, 7) is 5.08. The van der Waals surface area contributed by atoms with Crippen LogP contribution < -0.4 is 5.32 Å². The molecule has 1 aromatic heterocycles. The average Bonchev–Trinajstić information content (AvgIpc) is 2.97. The molecule has 0 bridgehead atoms. The minimum absolute atomic E-state index is 0.0399. The number of ether oxygens (including phenoxy) is 1. The first-order chi connectivity index (χ1) is 12.1. The second kappa shape index (κ2) is 7.80. The molecule has 0 saturated carbocycles. The minimum atomic E-state index is -0.458. The van der Waals surface area contributed by atoms with Crippen LogP contribution in [-0.2, 0) is 16.0 Å². The van der Waals surface area contributed by atoms with Crippen molar-refractivity contribution in [2.24, 2.45) is 0 Å². The van der Waals surface area contributed by atoms with Crippen molar-refractivity contribution in [3.8, 4) is 11.3 Å². The number of nitrogens with zero attached hydrogens (tertiary/aromatic N) is 1. The Morgan fingerprint density at radius 2 is 2.20 bits per heavy atom. The van der Waals surface area contributed by atoms with Crippen molar-refractivity contribution in [1.82, 2.24) is 10.5 Å². The van der Waals surface area contributed by atoms with E-state index in [1.54, 1.807) is 0 Å². The molecule has 2 unspecified atom stereocenters. The second-order valence-electron chi connectivity index (χ2n) is 6.45. The number of aromatic nitrogens is 1. The van der Waals surface area contributed by atoms with E-state index in [0.29, 0.717) is 38.4 Å². The molecule has 1 aromatic carbocycles. The lowest BCUT2D eigenvalue weighted by molar-refractivity contribution is -0.118. The van der Waals surface area contributed by atoms with Crippen LogP contribution in [0.1, 0.15) is 36.1 Å². The molecular weight excluding hydrogens is 320 g/mol. The Morgan fingerprint density at radius 1 is 1.40 bits per heavy atom. The highest BCUT2D eigenvalue weighted by atomic mass is 16.5. The molecule has 25 heavy (non-hydrogen) atoms. The quantitative estimate of drug-likeness (QED) is 0.868. The summed E-state index contributed by atoms with van der Waals surface area (Å²) in [7, 11) is 0. The molecule has 0 radical (unpaired) electrons. The number of hydrogen-bond acceptors (Lipinski definition) is 5. The molecule has 2 atom stereocenters. The molecule has 6 nitrogen and oxygen atoms in total. The normalized spacial score (nSPS) is 20.4. The zero-order valence-corrected chi connectivity index (χ0v) is 14.6. The van der Waals surface area contributed by atoms with Crippen molar-refractivity contribution in [3.05, 3.63) is 41.1 Å². The lowest BCUT2D eigenvalue weighted by Crippen LogP contribution is -2.30. The number of aliphatic hydroxyl groups is 1. The Labute approximate surface area is 147 Å². The summed E-state index contributed by atoms with van der Waals surface area (Å²) in [5, 5.41) is 17.3. The summed E-state index contributed by atoms with van der Waals surface area (Å²) < 4.78 is 11.1. The fourth-order valence-electron chi connectivity index (χ4n) is 3.27. The van der Waals surface area contributed by atoms with E-state index in [4.69, 9.17) is 9.26 Å². The van der Waals surface area contributed by atoms with Gasteiger partial charge in [0.1, 0.15) is 0 Å². The Hall–Kier alpha value is -2.18. The fraction of sp³-hybridized carbons (Fsp3) is 0.474. The van der Waals surface area contributed by atoms with Crippen LogP contribution in [0.15, 0.2) is 28.8 Å². The van der Waals surface area contributed by atoms with Gasteiger partial charge in [0.05, 0.1) is 24.3 Å². The monoisotopic (exact) mass is 344 g/mol. The molecule has 1 aliphatic rings. The van der Waals surface area contributed by atoms with E-state index in [-0.39, 0.29) is 11.8 Å². The number of nitrogens with one attached hydrogen (secondary N) is 1. The van der Waals surface area contributed by atoms with Crippen molar-refractivity contribution in [2.45, 2.75) is 38.7 Å². The maximum atomic E-state index is 11.1. The van der Waals surface area contributed by atoms with Crippen molar-refractivity contribution >= 4 is 5.91 Å². The van der Waals surface area contributed by atoms with E-state index in [1.165, 1.54) is 6.92 Å². The third kappa shape index (κ3) is 3.91. The molecule has 2 N–H and O–H groups in total. The molecule has 2 aromatic rings. The molecule has 1 saturated heterocycles. The summed E-state index contributed by atoms with van der Waals surface area (Å²) >= 11 is 0. The van der Waals surface area contributed by atoms with Gasteiger partial charge in [0.25, 0.3) is 0 Å². The highest BCUT2D eigenvalue weighted by Gasteiger charge is 2.31. The van der Waals surface area contributed by atoms with Crippen LogP contribution in [0.3, 0.4) is 0 Å². The van der Waals surface area contributed by atoms with E-state index in [1.807, 2.05) is 31.2 Å². The first-order valence-electron chi connectivity index (χ1n) is 8.62. The van der Waals surface area contributed by atoms with Gasteiger partial charge in [-0.25, -0.2) is 0 Å². The predicted molar refractivity (Wildman–Crippen MR) is 93.2 cm³/mol. The number of carbonyl (C=O) groups is 1. The van der Waals surface area contributed by atoms with Gasteiger partial charge in [-0.2, -0.15) is 0 Å². The van der Waals surface area contributed by atoms with Gasteiger partial charge in [-0.15, -0.1) is 0 Å². The Balaban J connectivity index is 1.86. The third-order valence-corrected chi connectivity index (χ3v) is 4.66. The molecule has 1 fully saturated rings. The van der Waals surface area contributed by atoms with Gasteiger partial charge >= 0.3 is 0 Å². The Kier molecular flexibility index (Phi) is 5.50. The van der Waals surface area contributed by atoms with Gasteiger partial charge in [0, 0.05) is 31.2 Å². The first-order valence-corrected chi connectivity index (χ1v) is 8.62. The van der Waals surface area contributed by atoms with E-state index in [0.717, 1.165) is 22.4 Å². The molecule has 3 rings (SSSR count). The molecule has 1 amide bonds. The van der Waals surface area contributed by atoms with E-state index in [9.17, 15) is 9.90 Å². The maximum absolute atomic E-state index is 11.1. The highest BCUT2D eigenvalue weighted by Crippen LogP contribution is 2.34. The molecular formula is C19H24N2O4. The van der Waals surface area contributed by atoms with Crippen LogP contribution in [0.25, 0.3) is 11.3 Å². The molecule has 2 heterocycles. The number of rotatable bonds is 5. The second-order valence-corrected chi connectivity index (χ2v) is 6.45. The number of amides is 1. The Bertz CT molecular complexity index is 741. The number of carbonyl (C=O) groups excluding carboxylic acids is 1. The van der Waals surface area contributed by atoms with Crippen LogP contribution in [0.2, 0.25) is 0 Å². The predicted octanol–water partition coefficient (Wildman–Crippen LogP) is 2.19. The molecule has 1 aliphatic heterocycles. The number of aliphatic hydroxyl groups excluding tert-OH is 1. The van der Waals surface area contributed by atoms with Crippen LogP contribution in [0, 0.1) is 6.92 Å². The third-order valence-electron chi connectivity index (χ3n) is 4.66. The molecule has 134 valence electrons. The topological polar surface area (TPSA) is 84.6 Å². The summed E-state index contributed by atoms with van der Waals surface area (Å²) in [4.78, 5) is 11.1.